The molecule has 2 atom stereocenters. The van der Waals surface area contributed by atoms with Gasteiger partial charge in [-0.25, -0.2) is 13.4 Å². The minimum absolute atomic E-state index is 0.0624. The molecule has 0 radical (unpaired) electrons. The third-order valence-corrected chi connectivity index (χ3v) is 10.2. The first-order valence-corrected chi connectivity index (χ1v) is 16.5. The van der Waals surface area contributed by atoms with Gasteiger partial charge >= 0.3 is 12.8 Å². The van der Waals surface area contributed by atoms with Gasteiger partial charge in [-0.2, -0.15) is 22.0 Å². The molecule has 2 aromatic carbocycles. The lowest BCUT2D eigenvalue weighted by atomic mass is 10.1. The van der Waals surface area contributed by atoms with Crippen molar-refractivity contribution < 1.29 is 45.0 Å². The molecular formula is C29H33F5N4O5S2. The van der Waals surface area contributed by atoms with Crippen LogP contribution in [-0.4, -0.2) is 87.1 Å². The number of aliphatic hydroxyl groups is 1. The number of ether oxygens (including phenoxy) is 1. The molecule has 1 unspecified atom stereocenters. The highest BCUT2D eigenvalue weighted by Gasteiger charge is 2.32. The Morgan fingerprint density at radius 3 is 2.42 bits per heavy atom. The van der Waals surface area contributed by atoms with Crippen LogP contribution in [0.15, 0.2) is 59.6 Å². The number of hydrogen-bond acceptors (Lipinski definition) is 9. The molecule has 0 bridgehead atoms. The number of thiazole rings is 1. The predicted molar refractivity (Wildman–Crippen MR) is 158 cm³/mol. The van der Waals surface area contributed by atoms with E-state index in [2.05, 4.69) is 15.0 Å². The Bertz CT molecular complexity index is 1520. The van der Waals surface area contributed by atoms with Crippen molar-refractivity contribution in [2.45, 2.75) is 43.1 Å². The summed E-state index contributed by atoms with van der Waals surface area (Å²) in [7, 11) is -3.41. The summed E-state index contributed by atoms with van der Waals surface area (Å²) in [5, 5.41) is 13.0. The number of sulfone groups is 1. The number of hydrogen-bond donors (Lipinski definition) is 2. The molecular weight excluding hydrogens is 643 g/mol. The number of aromatic nitrogens is 1. The molecule has 2 N–H and O–H groups in total. The third kappa shape index (κ3) is 9.19. The first kappa shape index (κ1) is 34.7. The fraction of sp³-hybridized carbons (Fsp3) is 0.448. The summed E-state index contributed by atoms with van der Waals surface area (Å²) < 4.78 is 93.3. The van der Waals surface area contributed by atoms with Crippen LogP contribution in [-0.2, 0) is 27.2 Å². The van der Waals surface area contributed by atoms with Crippen molar-refractivity contribution in [3.8, 4) is 0 Å². The predicted octanol–water partition coefficient (Wildman–Crippen LogP) is 4.39. The number of benzene rings is 2. The number of amides is 1. The summed E-state index contributed by atoms with van der Waals surface area (Å²) >= 11 is 1.05. The topological polar surface area (TPSA) is 112 Å². The van der Waals surface area contributed by atoms with Crippen LogP contribution in [0.25, 0.3) is 0 Å². The Morgan fingerprint density at radius 2 is 1.82 bits per heavy atom. The van der Waals surface area contributed by atoms with Crippen molar-refractivity contribution >= 4 is 32.2 Å². The number of halogens is 5. The number of alkyl halides is 5. The quantitative estimate of drug-likeness (QED) is 0.257. The van der Waals surface area contributed by atoms with Crippen LogP contribution in [0.5, 0.6) is 0 Å². The van der Waals surface area contributed by atoms with Crippen LogP contribution in [0, 0.1) is 0 Å². The summed E-state index contributed by atoms with van der Waals surface area (Å²) in [4.78, 5) is 21.5. The van der Waals surface area contributed by atoms with E-state index in [-0.39, 0.29) is 22.1 Å². The maximum Gasteiger partial charge on any atom is 0.416 e. The van der Waals surface area contributed by atoms with Crippen molar-refractivity contribution in [1.29, 1.82) is 0 Å². The zero-order valence-electron chi connectivity index (χ0n) is 24.2. The van der Waals surface area contributed by atoms with Gasteiger partial charge in [0.2, 0.25) is 0 Å². The Labute approximate surface area is 261 Å². The van der Waals surface area contributed by atoms with E-state index < -0.39 is 52.8 Å². The van der Waals surface area contributed by atoms with Crippen molar-refractivity contribution in [3.63, 3.8) is 0 Å². The summed E-state index contributed by atoms with van der Waals surface area (Å²) in [6.07, 6.45) is -2.61. The van der Waals surface area contributed by atoms with Crippen molar-refractivity contribution in [3.05, 3.63) is 76.3 Å². The molecule has 1 aromatic heterocycles. The van der Waals surface area contributed by atoms with Crippen LogP contribution >= 0.6 is 11.3 Å². The van der Waals surface area contributed by atoms with Gasteiger partial charge in [0.05, 0.1) is 47.7 Å². The van der Waals surface area contributed by atoms with Gasteiger partial charge in [-0.3, -0.25) is 9.69 Å². The van der Waals surface area contributed by atoms with Crippen molar-refractivity contribution in [2.24, 2.45) is 0 Å². The van der Waals surface area contributed by atoms with Crippen LogP contribution in [0.4, 0.5) is 27.1 Å². The highest BCUT2D eigenvalue weighted by Crippen LogP contribution is 2.30. The fourth-order valence-electron chi connectivity index (χ4n) is 4.89. The fourth-order valence-corrected chi connectivity index (χ4v) is 6.69. The number of carbonyl (C=O) groups excluding carboxylic acids is 1. The first-order valence-electron chi connectivity index (χ1n) is 14.1. The maximum absolute atomic E-state index is 13.0. The molecule has 2 heterocycles. The van der Waals surface area contributed by atoms with E-state index in [0.29, 0.717) is 48.9 Å². The molecule has 246 valence electrons. The van der Waals surface area contributed by atoms with Gasteiger partial charge in [0.15, 0.2) is 15.0 Å². The van der Waals surface area contributed by atoms with E-state index in [1.807, 2.05) is 4.90 Å². The molecule has 9 nitrogen and oxygen atoms in total. The number of aliphatic hydroxyl groups excluding tert-OH is 1. The second-order valence-electron chi connectivity index (χ2n) is 10.4. The van der Waals surface area contributed by atoms with Gasteiger partial charge < -0.3 is 20.1 Å². The standard InChI is InChI=1S/C29H33F5N4O5S2/c1-2-45(41,42)23-9-5-20(6-10-23)24(17-39)36-26(40)25-15-35-28(44-25)38-14-13-37(16-22(38)18-43-27(30)31)12-11-19-3-7-21(8-4-19)29(32,33)34/h3-10,15,22,24,27,39H,2,11-14,16-18H2,1H3,(H,36,40)/t22?,24-/m0/s1. The number of piperazine rings is 1. The molecule has 1 aliphatic heterocycles. The molecule has 4 rings (SSSR count). The first-order chi connectivity index (χ1) is 21.3. The van der Waals surface area contributed by atoms with Gasteiger partial charge in [0, 0.05) is 26.2 Å². The molecule has 1 fully saturated rings. The Hall–Kier alpha value is -3.18. The third-order valence-electron chi connectivity index (χ3n) is 7.45. The molecule has 0 spiro atoms. The van der Waals surface area contributed by atoms with E-state index >= 15 is 0 Å². The summed E-state index contributed by atoms with van der Waals surface area (Å²) in [6.45, 7) is -0.503. The van der Waals surface area contributed by atoms with E-state index in [0.717, 1.165) is 23.5 Å². The second kappa shape index (κ2) is 14.9. The number of nitrogens with one attached hydrogen (secondary N) is 1. The number of carbonyl (C=O) groups is 1. The highest BCUT2D eigenvalue weighted by molar-refractivity contribution is 7.91. The van der Waals surface area contributed by atoms with Crippen LogP contribution in [0.2, 0.25) is 0 Å². The zero-order valence-corrected chi connectivity index (χ0v) is 25.8. The summed E-state index contributed by atoms with van der Waals surface area (Å²) in [5.74, 6) is -0.591. The van der Waals surface area contributed by atoms with Gasteiger partial charge in [-0.05, 0) is 41.8 Å². The Morgan fingerprint density at radius 1 is 1.13 bits per heavy atom. The average Bonchev–Trinajstić information content (AvgIpc) is 3.52. The highest BCUT2D eigenvalue weighted by atomic mass is 32.2. The molecule has 1 saturated heterocycles. The van der Waals surface area contributed by atoms with Gasteiger partial charge in [-0.1, -0.05) is 42.5 Å². The van der Waals surface area contributed by atoms with Gasteiger partial charge in [0.1, 0.15) is 4.88 Å². The largest absolute Gasteiger partial charge is 0.416 e. The van der Waals surface area contributed by atoms with E-state index in [1.165, 1.54) is 49.5 Å². The van der Waals surface area contributed by atoms with Crippen molar-refractivity contribution in [2.75, 3.05) is 50.0 Å². The lowest BCUT2D eigenvalue weighted by Crippen LogP contribution is -2.55. The van der Waals surface area contributed by atoms with Gasteiger partial charge in [0.25, 0.3) is 5.91 Å². The SMILES string of the molecule is CCS(=O)(=O)c1ccc([C@H](CO)NC(=O)c2cnc(N3CCN(CCc4ccc(C(F)(F)F)cc4)CC3COC(F)F)s2)cc1. The van der Waals surface area contributed by atoms with Gasteiger partial charge in [-0.15, -0.1) is 0 Å². The average molecular weight is 677 g/mol. The minimum atomic E-state index is -4.42. The summed E-state index contributed by atoms with van der Waals surface area (Å²) in [6, 6.07) is 9.42. The lowest BCUT2D eigenvalue weighted by Gasteiger charge is -2.41. The van der Waals surface area contributed by atoms with E-state index in [4.69, 9.17) is 0 Å². The molecule has 16 heteroatoms. The molecule has 45 heavy (non-hydrogen) atoms. The number of nitrogens with zero attached hydrogens (tertiary/aromatic N) is 3. The Kier molecular flexibility index (Phi) is 11.5. The molecule has 1 amide bonds. The van der Waals surface area contributed by atoms with Crippen LogP contribution in [0.1, 0.15) is 39.3 Å². The molecule has 3 aromatic rings. The Balaban J connectivity index is 1.40. The van der Waals surface area contributed by atoms with E-state index in [1.54, 1.807) is 4.90 Å². The lowest BCUT2D eigenvalue weighted by molar-refractivity contribution is -0.137. The maximum atomic E-state index is 13.0. The molecule has 0 saturated carbocycles. The molecule has 1 aliphatic rings. The van der Waals surface area contributed by atoms with Crippen molar-refractivity contribution in [1.82, 2.24) is 15.2 Å². The zero-order chi connectivity index (χ0) is 32.8. The molecule has 0 aliphatic carbocycles. The monoisotopic (exact) mass is 676 g/mol. The normalized spacial score (nSPS) is 17.1. The number of anilines is 1. The summed E-state index contributed by atoms with van der Waals surface area (Å²) in [5.41, 5.74) is 0.484. The number of rotatable bonds is 13. The van der Waals surface area contributed by atoms with Crippen LogP contribution in [0.3, 0.4) is 0 Å². The van der Waals surface area contributed by atoms with E-state index in [9.17, 15) is 40.3 Å². The van der Waals surface area contributed by atoms with Crippen LogP contribution < -0.4 is 10.2 Å². The second-order valence-corrected chi connectivity index (χ2v) is 13.7. The smallest absolute Gasteiger partial charge is 0.394 e. The minimum Gasteiger partial charge on any atom is -0.394 e.